The summed E-state index contributed by atoms with van der Waals surface area (Å²) in [5, 5.41) is 0. The smallest absolute Gasteiger partial charge is 0.469 e. The van der Waals surface area contributed by atoms with Gasteiger partial charge in [-0.25, -0.2) is 4.57 Å². The van der Waals surface area contributed by atoms with E-state index in [0.29, 0.717) is 6.42 Å². The quantitative estimate of drug-likeness (QED) is 0.433. The second-order valence-electron chi connectivity index (χ2n) is 3.78. The first kappa shape index (κ1) is 18.2. The van der Waals surface area contributed by atoms with Crippen LogP contribution in [0.15, 0.2) is 0 Å². The number of hydrogen-bond donors (Lipinski definition) is 2. The van der Waals surface area contributed by atoms with Gasteiger partial charge in [0, 0.05) is 0 Å². The molecule has 0 aliphatic rings. The first-order valence-electron chi connectivity index (χ1n) is 5.54. The topological polar surface area (TPSA) is 139 Å². The van der Waals surface area contributed by atoms with E-state index in [-0.39, 0.29) is 19.4 Å². The van der Waals surface area contributed by atoms with Crippen LogP contribution in [-0.2, 0) is 18.2 Å². The molecule has 1 unspecified atom stereocenters. The summed E-state index contributed by atoms with van der Waals surface area (Å²) >= 11 is 0. The van der Waals surface area contributed by atoms with Gasteiger partial charge in [0.2, 0.25) is 0 Å². The van der Waals surface area contributed by atoms with E-state index in [0.717, 1.165) is 12.8 Å². The van der Waals surface area contributed by atoms with Crippen molar-refractivity contribution in [3.63, 3.8) is 0 Å². The Morgan fingerprint density at radius 3 is 2.17 bits per heavy atom. The lowest BCUT2D eigenvalue weighted by Gasteiger charge is -2.28. The molecule has 2 N–H and O–H groups in total. The van der Waals surface area contributed by atoms with Crippen LogP contribution in [0.1, 0.15) is 39.0 Å². The second-order valence-corrected chi connectivity index (χ2v) is 6.13. The minimum Gasteiger partial charge on any atom is -0.790 e. The Kier molecular flexibility index (Phi) is 8.51. The molecule has 0 bridgehead atoms. The minimum atomic E-state index is -4.98. The molecule has 110 valence electrons. The highest BCUT2D eigenvalue weighted by atomic mass is 31.2. The lowest BCUT2D eigenvalue weighted by atomic mass is 10.1. The van der Waals surface area contributed by atoms with Crippen molar-refractivity contribution in [2.45, 2.75) is 45.1 Å². The monoisotopic (exact) mass is 304 g/mol. The third-order valence-electron chi connectivity index (χ3n) is 2.09. The van der Waals surface area contributed by atoms with E-state index in [1.54, 1.807) is 0 Å². The molecule has 0 saturated carbocycles. The van der Waals surface area contributed by atoms with Crippen LogP contribution < -0.4 is 9.79 Å². The summed E-state index contributed by atoms with van der Waals surface area (Å²) in [5.74, 6) is 0. The lowest BCUT2D eigenvalue weighted by molar-refractivity contribution is -0.341. The van der Waals surface area contributed by atoms with E-state index in [2.05, 4.69) is 9.05 Å². The molecule has 0 aromatic carbocycles. The molecule has 0 radical (unpaired) electrons. The Morgan fingerprint density at radius 2 is 1.72 bits per heavy atom. The molecule has 8 nitrogen and oxygen atoms in total. The van der Waals surface area contributed by atoms with Crippen LogP contribution in [0, 0.1) is 0 Å². The highest BCUT2D eigenvalue weighted by Crippen LogP contribution is 2.39. The lowest BCUT2D eigenvalue weighted by Crippen LogP contribution is -2.18. The van der Waals surface area contributed by atoms with Gasteiger partial charge in [-0.3, -0.25) is 4.52 Å². The van der Waals surface area contributed by atoms with Gasteiger partial charge in [-0.15, -0.1) is 0 Å². The van der Waals surface area contributed by atoms with Gasteiger partial charge in [-0.1, -0.05) is 19.8 Å². The molecular formula is C8H18O8P2-2. The molecule has 0 spiro atoms. The number of phosphoric acid groups is 2. The summed E-state index contributed by atoms with van der Waals surface area (Å²) in [7, 11) is -9.54. The van der Waals surface area contributed by atoms with E-state index >= 15 is 0 Å². The van der Waals surface area contributed by atoms with Crippen LogP contribution in [0.2, 0.25) is 0 Å². The summed E-state index contributed by atoms with van der Waals surface area (Å²) in [4.78, 5) is 37.7. The summed E-state index contributed by atoms with van der Waals surface area (Å²) in [6.45, 7) is 1.61. The first-order valence-corrected chi connectivity index (χ1v) is 8.53. The SMILES string of the molecule is CCCCC(CCCOP(=O)([O-])[O-])OP(=O)(O)O. The zero-order valence-corrected chi connectivity index (χ0v) is 11.8. The maximum absolute atomic E-state index is 10.7. The summed E-state index contributed by atoms with van der Waals surface area (Å²) in [6, 6.07) is 0. The molecule has 0 aromatic rings. The van der Waals surface area contributed by atoms with Crippen molar-refractivity contribution in [2.75, 3.05) is 6.61 Å². The van der Waals surface area contributed by atoms with Gasteiger partial charge in [0.05, 0.1) is 20.5 Å². The molecule has 1 atom stereocenters. The number of phosphoric ester groups is 2. The summed E-state index contributed by atoms with van der Waals surface area (Å²) < 4.78 is 29.4. The molecule has 10 heteroatoms. The molecule has 0 saturated heterocycles. The van der Waals surface area contributed by atoms with Crippen molar-refractivity contribution in [2.24, 2.45) is 0 Å². The summed E-state index contributed by atoms with van der Waals surface area (Å²) in [6.07, 6.45) is 1.73. The van der Waals surface area contributed by atoms with Gasteiger partial charge >= 0.3 is 7.82 Å². The van der Waals surface area contributed by atoms with E-state index in [9.17, 15) is 18.9 Å². The molecule has 0 heterocycles. The van der Waals surface area contributed by atoms with E-state index in [1.165, 1.54) is 0 Å². The van der Waals surface area contributed by atoms with Crippen molar-refractivity contribution in [3.05, 3.63) is 0 Å². The van der Waals surface area contributed by atoms with Crippen LogP contribution in [0.5, 0.6) is 0 Å². The van der Waals surface area contributed by atoms with Crippen molar-refractivity contribution in [1.29, 1.82) is 0 Å². The van der Waals surface area contributed by atoms with Gasteiger partial charge in [0.15, 0.2) is 0 Å². The normalized spacial score (nSPS) is 14.7. The third-order valence-corrected chi connectivity index (χ3v) is 3.16. The van der Waals surface area contributed by atoms with Gasteiger partial charge in [-0.2, -0.15) is 0 Å². The highest BCUT2D eigenvalue weighted by molar-refractivity contribution is 7.46. The maximum atomic E-state index is 10.7. The van der Waals surface area contributed by atoms with Crippen molar-refractivity contribution in [1.82, 2.24) is 0 Å². The van der Waals surface area contributed by atoms with Crippen molar-refractivity contribution in [3.8, 4) is 0 Å². The summed E-state index contributed by atoms with van der Waals surface area (Å²) in [5.41, 5.74) is 0. The molecule has 0 fully saturated rings. The number of rotatable bonds is 10. The molecule has 0 aromatic heterocycles. The molecule has 0 aliphatic heterocycles. The third kappa shape index (κ3) is 12.7. The highest BCUT2D eigenvalue weighted by Gasteiger charge is 2.21. The minimum absolute atomic E-state index is 0.169. The predicted molar refractivity (Wildman–Crippen MR) is 59.2 cm³/mol. The standard InChI is InChI=1S/C8H20O8P2/c1-2-3-5-8(16-18(12,13)14)6-4-7-15-17(9,10)11/h8H,2-7H2,1H3,(H2,9,10,11)(H2,12,13,14)/p-2. The van der Waals surface area contributed by atoms with Crippen LogP contribution in [-0.4, -0.2) is 22.5 Å². The van der Waals surface area contributed by atoms with Crippen LogP contribution in [0.4, 0.5) is 0 Å². The van der Waals surface area contributed by atoms with E-state index < -0.39 is 21.7 Å². The molecule has 0 rings (SSSR count). The Hall–Kier alpha value is 0.220. The van der Waals surface area contributed by atoms with E-state index in [1.807, 2.05) is 6.92 Å². The largest absolute Gasteiger partial charge is 0.790 e. The average molecular weight is 304 g/mol. The molecule has 18 heavy (non-hydrogen) atoms. The zero-order chi connectivity index (χ0) is 14.2. The van der Waals surface area contributed by atoms with Crippen LogP contribution in [0.25, 0.3) is 0 Å². The van der Waals surface area contributed by atoms with Crippen LogP contribution in [0.3, 0.4) is 0 Å². The van der Waals surface area contributed by atoms with Crippen molar-refractivity contribution >= 4 is 15.6 Å². The predicted octanol–water partition coefficient (Wildman–Crippen LogP) is 0.280. The van der Waals surface area contributed by atoms with Crippen LogP contribution >= 0.6 is 15.6 Å². The fourth-order valence-electron chi connectivity index (χ4n) is 1.36. The fourth-order valence-corrected chi connectivity index (χ4v) is 2.31. The zero-order valence-electron chi connectivity index (χ0n) is 10.1. The molecule has 0 amide bonds. The van der Waals surface area contributed by atoms with Crippen molar-refractivity contribution < 1.29 is 37.8 Å². The number of hydrogen-bond acceptors (Lipinski definition) is 6. The number of unbranched alkanes of at least 4 members (excludes halogenated alkanes) is 1. The Balaban J connectivity index is 4.01. The van der Waals surface area contributed by atoms with Gasteiger partial charge < -0.3 is 28.7 Å². The Morgan fingerprint density at radius 1 is 1.17 bits per heavy atom. The second kappa shape index (κ2) is 8.40. The van der Waals surface area contributed by atoms with Gasteiger partial charge in [-0.05, 0) is 19.3 Å². The molecule has 0 aliphatic carbocycles. The Labute approximate surface area is 106 Å². The average Bonchev–Trinajstić information content (AvgIpc) is 2.17. The Bertz CT molecular complexity index is 308. The first-order chi connectivity index (χ1) is 8.14. The van der Waals surface area contributed by atoms with Gasteiger partial charge in [0.1, 0.15) is 0 Å². The van der Waals surface area contributed by atoms with Gasteiger partial charge in [0.25, 0.3) is 0 Å². The fraction of sp³-hybridized carbons (Fsp3) is 1.00. The molecular weight excluding hydrogens is 286 g/mol. The maximum Gasteiger partial charge on any atom is 0.469 e. The van der Waals surface area contributed by atoms with E-state index in [4.69, 9.17) is 9.79 Å².